The van der Waals surface area contributed by atoms with E-state index in [1.807, 2.05) is 11.9 Å². The lowest BCUT2D eigenvalue weighted by Crippen LogP contribution is -2.32. The van der Waals surface area contributed by atoms with Crippen LogP contribution in [0.3, 0.4) is 0 Å². The molecule has 0 unspecified atom stereocenters. The number of piperidine rings is 1. The lowest BCUT2D eigenvalue weighted by Gasteiger charge is -2.23. The third-order valence-corrected chi connectivity index (χ3v) is 3.62. The minimum absolute atomic E-state index is 0.0690. The third-order valence-electron chi connectivity index (χ3n) is 3.62. The van der Waals surface area contributed by atoms with E-state index in [0.29, 0.717) is 36.5 Å². The van der Waals surface area contributed by atoms with Crippen molar-refractivity contribution in [1.29, 1.82) is 0 Å². The highest BCUT2D eigenvalue weighted by Gasteiger charge is 2.23. The van der Waals surface area contributed by atoms with E-state index in [-0.39, 0.29) is 17.2 Å². The number of nitrogens with zero attached hydrogens (tertiary/aromatic N) is 2. The second-order valence-electron chi connectivity index (χ2n) is 5.34. The highest BCUT2D eigenvalue weighted by molar-refractivity contribution is 6.00. The Labute approximate surface area is 134 Å². The Morgan fingerprint density at radius 2 is 2.17 bits per heavy atom. The summed E-state index contributed by atoms with van der Waals surface area (Å²) < 4.78 is 10.6. The Bertz CT molecular complexity index is 654. The molecule has 0 radical (unpaired) electrons. The number of likely N-dealkylation sites (N-methyl/N-ethyl adjacent to an activating group) is 1. The Balaban J connectivity index is 2.49. The summed E-state index contributed by atoms with van der Waals surface area (Å²) >= 11 is 0. The number of benzene rings is 1. The zero-order valence-corrected chi connectivity index (χ0v) is 13.5. The van der Waals surface area contributed by atoms with Crippen LogP contribution in [-0.4, -0.2) is 49.5 Å². The van der Waals surface area contributed by atoms with Gasteiger partial charge in [-0.05, 0) is 31.7 Å². The predicted octanol–water partition coefficient (Wildman–Crippen LogP) is 2.29. The normalized spacial score (nSPS) is 17.3. The number of rotatable bonds is 5. The number of likely N-dealkylation sites (tertiary alicyclic amines) is 1. The van der Waals surface area contributed by atoms with E-state index in [2.05, 4.69) is 0 Å². The van der Waals surface area contributed by atoms with Crippen LogP contribution in [-0.2, 0) is 4.79 Å². The van der Waals surface area contributed by atoms with Gasteiger partial charge in [0.1, 0.15) is 0 Å². The van der Waals surface area contributed by atoms with Crippen LogP contribution >= 0.6 is 0 Å². The second-order valence-corrected chi connectivity index (χ2v) is 5.34. The first kappa shape index (κ1) is 17.0. The Hall–Kier alpha value is -2.41. The molecule has 124 valence electrons. The van der Waals surface area contributed by atoms with Crippen molar-refractivity contribution in [3.05, 3.63) is 33.4 Å². The lowest BCUT2D eigenvalue weighted by atomic mass is 10.0. The Morgan fingerprint density at radius 1 is 1.43 bits per heavy atom. The molecule has 1 saturated heterocycles. The van der Waals surface area contributed by atoms with E-state index in [1.54, 1.807) is 19.1 Å². The minimum Gasteiger partial charge on any atom is -0.490 e. The molecule has 1 aliphatic heterocycles. The van der Waals surface area contributed by atoms with E-state index in [9.17, 15) is 14.9 Å². The number of methoxy groups -OCH3 is 1. The standard InChI is InChI=1S/C16H20N2O5/c1-4-23-15-9-11(8-13(18(20)21)16(15)22-3)7-12-10-17(2)6-5-14(12)19/h7-9H,4-6,10H2,1-3H3/b12-7+. The fraction of sp³-hybridized carbons (Fsp3) is 0.438. The maximum atomic E-state index is 12.0. The molecule has 1 aliphatic rings. The summed E-state index contributed by atoms with van der Waals surface area (Å²) in [6, 6.07) is 3.06. The molecule has 1 aromatic carbocycles. The van der Waals surface area contributed by atoms with Gasteiger partial charge in [0, 0.05) is 31.1 Å². The number of carbonyl (C=O) groups is 1. The summed E-state index contributed by atoms with van der Waals surface area (Å²) in [5.74, 6) is 0.457. The zero-order valence-electron chi connectivity index (χ0n) is 13.5. The van der Waals surface area contributed by atoms with E-state index < -0.39 is 4.92 Å². The molecule has 0 atom stereocenters. The molecule has 1 heterocycles. The lowest BCUT2D eigenvalue weighted by molar-refractivity contribution is -0.385. The van der Waals surface area contributed by atoms with Crippen LogP contribution < -0.4 is 9.47 Å². The van der Waals surface area contributed by atoms with E-state index >= 15 is 0 Å². The number of ketones is 1. The molecule has 7 heteroatoms. The van der Waals surface area contributed by atoms with Crippen molar-refractivity contribution in [1.82, 2.24) is 4.90 Å². The Kier molecular flexibility index (Phi) is 5.33. The van der Waals surface area contributed by atoms with E-state index in [0.717, 1.165) is 6.54 Å². The monoisotopic (exact) mass is 320 g/mol. The summed E-state index contributed by atoms with van der Waals surface area (Å²) in [6.45, 7) is 3.40. The van der Waals surface area contributed by atoms with Crippen molar-refractivity contribution in [2.24, 2.45) is 0 Å². The van der Waals surface area contributed by atoms with Crippen LogP contribution in [0.5, 0.6) is 11.5 Å². The summed E-state index contributed by atoms with van der Waals surface area (Å²) in [5.41, 5.74) is 1.02. The maximum Gasteiger partial charge on any atom is 0.315 e. The number of nitro groups is 1. The highest BCUT2D eigenvalue weighted by atomic mass is 16.6. The molecule has 0 aliphatic carbocycles. The second kappa shape index (κ2) is 7.23. The molecule has 0 N–H and O–H groups in total. The molecule has 0 saturated carbocycles. The van der Waals surface area contributed by atoms with Gasteiger partial charge in [-0.25, -0.2) is 0 Å². The van der Waals surface area contributed by atoms with Crippen LogP contribution in [0.2, 0.25) is 0 Å². The quantitative estimate of drug-likeness (QED) is 0.470. The molecule has 0 aromatic heterocycles. The summed E-state index contributed by atoms with van der Waals surface area (Å²) in [4.78, 5) is 24.8. The minimum atomic E-state index is -0.516. The van der Waals surface area contributed by atoms with E-state index in [1.165, 1.54) is 13.2 Å². The van der Waals surface area contributed by atoms with Gasteiger partial charge >= 0.3 is 5.69 Å². The van der Waals surface area contributed by atoms with Gasteiger partial charge in [-0.15, -0.1) is 0 Å². The summed E-state index contributed by atoms with van der Waals surface area (Å²) in [6.07, 6.45) is 2.14. The molecule has 0 bridgehead atoms. The van der Waals surface area contributed by atoms with Gasteiger partial charge in [0.05, 0.1) is 18.6 Å². The van der Waals surface area contributed by atoms with Crippen LogP contribution in [0.4, 0.5) is 5.69 Å². The van der Waals surface area contributed by atoms with Crippen molar-refractivity contribution in [3.8, 4) is 11.5 Å². The first-order valence-electron chi connectivity index (χ1n) is 7.37. The summed E-state index contributed by atoms with van der Waals surface area (Å²) in [7, 11) is 3.30. The van der Waals surface area contributed by atoms with Crippen molar-refractivity contribution in [3.63, 3.8) is 0 Å². The number of Topliss-reactive ketones (excluding diaryl/α,β-unsaturated/α-hetero) is 1. The predicted molar refractivity (Wildman–Crippen MR) is 85.9 cm³/mol. The SMILES string of the molecule is CCOc1cc(/C=C2\CN(C)CCC2=O)cc([N+](=O)[O-])c1OC. The number of hydrogen-bond acceptors (Lipinski definition) is 6. The smallest absolute Gasteiger partial charge is 0.315 e. The van der Waals surface area contributed by atoms with Crippen molar-refractivity contribution >= 4 is 17.5 Å². The fourth-order valence-electron chi connectivity index (χ4n) is 2.53. The fourth-order valence-corrected chi connectivity index (χ4v) is 2.53. The van der Waals surface area contributed by atoms with Gasteiger partial charge < -0.3 is 14.4 Å². The van der Waals surface area contributed by atoms with Crippen LogP contribution in [0.25, 0.3) is 6.08 Å². The third kappa shape index (κ3) is 3.87. The van der Waals surface area contributed by atoms with Gasteiger partial charge in [-0.2, -0.15) is 0 Å². The average molecular weight is 320 g/mol. The topological polar surface area (TPSA) is 81.9 Å². The van der Waals surface area contributed by atoms with Crippen molar-refractivity contribution in [2.75, 3.05) is 33.9 Å². The molecule has 23 heavy (non-hydrogen) atoms. The number of ether oxygens (including phenoxy) is 2. The molecule has 1 aromatic rings. The first-order valence-corrected chi connectivity index (χ1v) is 7.37. The average Bonchev–Trinajstić information content (AvgIpc) is 2.51. The van der Waals surface area contributed by atoms with Crippen molar-refractivity contribution < 1.29 is 19.2 Å². The van der Waals surface area contributed by atoms with Gasteiger partial charge in [0.25, 0.3) is 0 Å². The molecule has 0 amide bonds. The highest BCUT2D eigenvalue weighted by Crippen LogP contribution is 2.38. The van der Waals surface area contributed by atoms with E-state index in [4.69, 9.17) is 9.47 Å². The number of nitro benzene ring substituents is 1. The molecular formula is C16H20N2O5. The van der Waals surface area contributed by atoms with Crippen LogP contribution in [0.1, 0.15) is 18.9 Å². The molecular weight excluding hydrogens is 300 g/mol. The zero-order chi connectivity index (χ0) is 17.0. The Morgan fingerprint density at radius 3 is 2.78 bits per heavy atom. The molecule has 2 rings (SSSR count). The number of carbonyl (C=O) groups excluding carboxylic acids is 1. The largest absolute Gasteiger partial charge is 0.490 e. The summed E-state index contributed by atoms with van der Waals surface area (Å²) in [5, 5.41) is 11.3. The number of hydrogen-bond donors (Lipinski definition) is 0. The van der Waals surface area contributed by atoms with Gasteiger partial charge in [0.2, 0.25) is 5.75 Å². The van der Waals surface area contributed by atoms with Gasteiger partial charge in [0.15, 0.2) is 11.5 Å². The first-order chi connectivity index (χ1) is 11.0. The molecule has 7 nitrogen and oxygen atoms in total. The van der Waals surface area contributed by atoms with Gasteiger partial charge in [-0.1, -0.05) is 0 Å². The molecule has 0 spiro atoms. The van der Waals surface area contributed by atoms with Crippen LogP contribution in [0.15, 0.2) is 17.7 Å². The molecule has 1 fully saturated rings. The van der Waals surface area contributed by atoms with Crippen molar-refractivity contribution in [2.45, 2.75) is 13.3 Å². The maximum absolute atomic E-state index is 12.0. The van der Waals surface area contributed by atoms with Gasteiger partial charge in [-0.3, -0.25) is 14.9 Å². The van der Waals surface area contributed by atoms with Crippen LogP contribution in [0, 0.1) is 10.1 Å².